The number of aliphatic hydroxyl groups is 1. The number of halogens is 1. The Morgan fingerprint density at radius 3 is 2.94 bits per heavy atom. The molecule has 1 fully saturated rings. The first-order valence-electron chi connectivity index (χ1n) is 5.64. The molecule has 2 rings (SSSR count). The van der Waals surface area contributed by atoms with Crippen LogP contribution in [-0.2, 0) is 18.3 Å². The first-order valence-corrected chi connectivity index (χ1v) is 5.64. The maximum atomic E-state index is 13.0. The third-order valence-corrected chi connectivity index (χ3v) is 3.09. The van der Waals surface area contributed by atoms with Crippen LogP contribution in [-0.4, -0.2) is 51.1 Å². The number of aliphatic hydroxyl groups excluding tert-OH is 1. The Kier molecular flexibility index (Phi) is 3.42. The average molecular weight is 241 g/mol. The molecule has 1 aromatic heterocycles. The second-order valence-electron chi connectivity index (χ2n) is 4.33. The molecule has 17 heavy (non-hydrogen) atoms. The minimum Gasteiger partial charge on any atom is -0.388 e. The van der Waals surface area contributed by atoms with Gasteiger partial charge in [-0.15, -0.1) is 0 Å². The van der Waals surface area contributed by atoms with Crippen LogP contribution in [0.1, 0.15) is 12.1 Å². The predicted octanol–water partition coefficient (Wildman–Crippen LogP) is -0.106. The number of aromatic nitrogens is 2. The van der Waals surface area contributed by atoms with Gasteiger partial charge in [-0.3, -0.25) is 9.48 Å². The van der Waals surface area contributed by atoms with Crippen LogP contribution in [0.5, 0.6) is 0 Å². The van der Waals surface area contributed by atoms with E-state index >= 15 is 0 Å². The number of hydrogen-bond donors (Lipinski definition) is 1. The standard InChI is InChI=1S/C11H16FN3O2/c1-14-8(4-5-13-14)2-3-11(17)15-6-9(12)10(16)7-15/h4-5,9-10,16H,2-3,6-7H2,1H3/t9-,10-/m1/s1. The van der Waals surface area contributed by atoms with E-state index in [-0.39, 0.29) is 19.0 Å². The SMILES string of the molecule is Cn1nccc1CCC(=O)N1C[C@@H](O)[C@H](F)C1. The summed E-state index contributed by atoms with van der Waals surface area (Å²) in [5, 5.41) is 13.2. The lowest BCUT2D eigenvalue weighted by Gasteiger charge is -2.14. The van der Waals surface area contributed by atoms with Crippen molar-refractivity contribution in [3.05, 3.63) is 18.0 Å². The summed E-state index contributed by atoms with van der Waals surface area (Å²) in [4.78, 5) is 13.1. The van der Waals surface area contributed by atoms with Gasteiger partial charge in [0, 0.05) is 31.9 Å². The number of carbonyl (C=O) groups is 1. The highest BCUT2D eigenvalue weighted by atomic mass is 19.1. The van der Waals surface area contributed by atoms with Gasteiger partial charge in [0.15, 0.2) is 0 Å². The molecule has 0 saturated carbocycles. The molecule has 0 radical (unpaired) electrons. The van der Waals surface area contributed by atoms with Crippen molar-refractivity contribution in [3.8, 4) is 0 Å². The largest absolute Gasteiger partial charge is 0.388 e. The molecule has 5 nitrogen and oxygen atoms in total. The minimum atomic E-state index is -1.31. The molecule has 0 bridgehead atoms. The summed E-state index contributed by atoms with van der Waals surface area (Å²) in [7, 11) is 1.82. The number of nitrogens with zero attached hydrogens (tertiary/aromatic N) is 3. The molecule has 2 atom stereocenters. The van der Waals surface area contributed by atoms with E-state index in [1.165, 1.54) is 4.90 Å². The second-order valence-corrected chi connectivity index (χ2v) is 4.33. The summed E-state index contributed by atoms with van der Waals surface area (Å²) in [6.07, 6.45) is 0.237. The molecule has 94 valence electrons. The van der Waals surface area contributed by atoms with E-state index in [0.717, 1.165) is 5.69 Å². The lowest BCUT2D eigenvalue weighted by molar-refractivity contribution is -0.130. The van der Waals surface area contributed by atoms with Crippen molar-refractivity contribution in [1.29, 1.82) is 0 Å². The van der Waals surface area contributed by atoms with Crippen LogP contribution in [0.15, 0.2) is 12.3 Å². The molecule has 0 spiro atoms. The van der Waals surface area contributed by atoms with E-state index in [9.17, 15) is 14.3 Å². The molecule has 0 aliphatic carbocycles. The van der Waals surface area contributed by atoms with Gasteiger partial charge >= 0.3 is 0 Å². The molecule has 0 aromatic carbocycles. The molecule has 6 heteroatoms. The van der Waals surface area contributed by atoms with Crippen LogP contribution >= 0.6 is 0 Å². The molecule has 1 N–H and O–H groups in total. The molecule has 1 saturated heterocycles. The number of hydrogen-bond acceptors (Lipinski definition) is 3. The summed E-state index contributed by atoms with van der Waals surface area (Å²) >= 11 is 0. The fourth-order valence-corrected chi connectivity index (χ4v) is 1.99. The van der Waals surface area contributed by atoms with E-state index in [1.807, 2.05) is 13.1 Å². The molecule has 1 aliphatic heterocycles. The minimum absolute atomic E-state index is 0.00534. The Morgan fingerprint density at radius 1 is 1.65 bits per heavy atom. The van der Waals surface area contributed by atoms with E-state index in [4.69, 9.17) is 0 Å². The van der Waals surface area contributed by atoms with Crippen molar-refractivity contribution in [3.63, 3.8) is 0 Å². The maximum absolute atomic E-state index is 13.0. The highest BCUT2D eigenvalue weighted by molar-refractivity contribution is 5.76. The normalized spacial score (nSPS) is 24.3. The Morgan fingerprint density at radius 2 is 2.41 bits per heavy atom. The van der Waals surface area contributed by atoms with Crippen molar-refractivity contribution in [1.82, 2.24) is 14.7 Å². The second kappa shape index (κ2) is 4.83. The van der Waals surface area contributed by atoms with E-state index in [0.29, 0.717) is 12.8 Å². The lowest BCUT2D eigenvalue weighted by atomic mass is 10.2. The number of rotatable bonds is 3. The van der Waals surface area contributed by atoms with Gasteiger partial charge in [-0.1, -0.05) is 0 Å². The predicted molar refractivity (Wildman–Crippen MR) is 59.0 cm³/mol. The summed E-state index contributed by atoms with van der Waals surface area (Å²) in [5.74, 6) is -0.120. The Labute approximate surface area is 98.8 Å². The van der Waals surface area contributed by atoms with Crippen LogP contribution in [0, 0.1) is 0 Å². The van der Waals surface area contributed by atoms with Crippen LogP contribution in [0.4, 0.5) is 4.39 Å². The van der Waals surface area contributed by atoms with Gasteiger partial charge in [0.25, 0.3) is 0 Å². The third kappa shape index (κ3) is 2.63. The highest BCUT2D eigenvalue weighted by Crippen LogP contribution is 2.15. The number of β-amino-alcohol motifs (C(OH)–C–C–N with tert-alkyl or cyclic N) is 1. The smallest absolute Gasteiger partial charge is 0.223 e. The Hall–Kier alpha value is -1.43. The number of carbonyl (C=O) groups excluding carboxylic acids is 1. The summed E-state index contributed by atoms with van der Waals surface area (Å²) in [6, 6.07) is 1.85. The van der Waals surface area contributed by atoms with Crippen molar-refractivity contribution < 1.29 is 14.3 Å². The van der Waals surface area contributed by atoms with Crippen LogP contribution < -0.4 is 0 Å². The van der Waals surface area contributed by atoms with Crippen LogP contribution in [0.3, 0.4) is 0 Å². The molecular formula is C11H16FN3O2. The lowest BCUT2D eigenvalue weighted by Crippen LogP contribution is -2.29. The van der Waals surface area contributed by atoms with Gasteiger partial charge in [0.1, 0.15) is 12.3 Å². The zero-order chi connectivity index (χ0) is 12.4. The number of alkyl halides is 1. The first kappa shape index (κ1) is 12.0. The van der Waals surface area contributed by atoms with E-state index in [2.05, 4.69) is 5.10 Å². The van der Waals surface area contributed by atoms with Gasteiger partial charge in [0.2, 0.25) is 5.91 Å². The van der Waals surface area contributed by atoms with Gasteiger partial charge in [-0.05, 0) is 12.5 Å². The number of likely N-dealkylation sites (tertiary alicyclic amines) is 1. The van der Waals surface area contributed by atoms with Gasteiger partial charge < -0.3 is 10.0 Å². The molecular weight excluding hydrogens is 225 g/mol. The third-order valence-electron chi connectivity index (χ3n) is 3.09. The van der Waals surface area contributed by atoms with Gasteiger partial charge in [-0.2, -0.15) is 5.10 Å². The Balaban J connectivity index is 1.84. The maximum Gasteiger partial charge on any atom is 0.223 e. The first-order chi connectivity index (χ1) is 8.08. The molecule has 2 heterocycles. The van der Waals surface area contributed by atoms with Crippen molar-refractivity contribution in [2.45, 2.75) is 25.1 Å². The summed E-state index contributed by atoms with van der Waals surface area (Å²) in [5.41, 5.74) is 0.967. The molecule has 1 aliphatic rings. The quantitative estimate of drug-likeness (QED) is 0.803. The fraction of sp³-hybridized carbons (Fsp3) is 0.636. The topological polar surface area (TPSA) is 58.4 Å². The molecule has 1 aromatic rings. The van der Waals surface area contributed by atoms with Crippen molar-refractivity contribution in [2.24, 2.45) is 7.05 Å². The number of amides is 1. The van der Waals surface area contributed by atoms with Gasteiger partial charge in [0.05, 0.1) is 6.54 Å². The molecule has 1 amide bonds. The van der Waals surface area contributed by atoms with Crippen LogP contribution in [0.2, 0.25) is 0 Å². The zero-order valence-electron chi connectivity index (χ0n) is 9.71. The van der Waals surface area contributed by atoms with E-state index in [1.54, 1.807) is 10.9 Å². The van der Waals surface area contributed by atoms with Crippen LogP contribution in [0.25, 0.3) is 0 Å². The summed E-state index contributed by atoms with van der Waals surface area (Å²) < 4.78 is 14.8. The molecule has 0 unspecified atom stereocenters. The number of aryl methyl sites for hydroxylation is 2. The average Bonchev–Trinajstić information content (AvgIpc) is 2.83. The van der Waals surface area contributed by atoms with Crippen molar-refractivity contribution >= 4 is 5.91 Å². The highest BCUT2D eigenvalue weighted by Gasteiger charge is 2.33. The zero-order valence-corrected chi connectivity index (χ0v) is 9.71. The van der Waals surface area contributed by atoms with Gasteiger partial charge in [-0.25, -0.2) is 4.39 Å². The van der Waals surface area contributed by atoms with Crippen molar-refractivity contribution in [2.75, 3.05) is 13.1 Å². The Bertz CT molecular complexity index is 397. The van der Waals surface area contributed by atoms with E-state index < -0.39 is 12.3 Å². The fourth-order valence-electron chi connectivity index (χ4n) is 1.99. The summed E-state index contributed by atoms with van der Waals surface area (Å²) in [6.45, 7) is 0.108. The monoisotopic (exact) mass is 241 g/mol.